The average Bonchev–Trinajstić information content (AvgIpc) is 3.40. The van der Waals surface area contributed by atoms with Crippen molar-refractivity contribution in [1.82, 2.24) is 0 Å². The first-order valence-corrected chi connectivity index (χ1v) is 30.8. The Hall–Kier alpha value is -1.40. The SMILES string of the molecule is CCCCCCCCCC/C=C/CCCCCCCCCCCCCCCCCCCCCCCCCCCCCCCCCCCCCCCCCC1CC(=O)OCC(CO)(CO)COC1=O. The van der Waals surface area contributed by atoms with E-state index in [4.69, 9.17) is 9.47 Å². The van der Waals surface area contributed by atoms with Crippen LogP contribution in [-0.4, -0.2) is 48.6 Å². The van der Waals surface area contributed by atoms with E-state index in [9.17, 15) is 19.8 Å². The Balaban J connectivity index is 1.68. The zero-order valence-electron chi connectivity index (χ0n) is 45.7. The molecule has 1 heterocycles. The van der Waals surface area contributed by atoms with Gasteiger partial charge in [-0.1, -0.05) is 308 Å². The van der Waals surface area contributed by atoms with Gasteiger partial charge in [0.05, 0.1) is 31.0 Å². The lowest BCUT2D eigenvalue weighted by Gasteiger charge is -2.27. The van der Waals surface area contributed by atoms with E-state index in [0.717, 1.165) is 19.3 Å². The molecule has 0 amide bonds. The Kier molecular flexibility index (Phi) is 49.4. The van der Waals surface area contributed by atoms with Crippen molar-refractivity contribution in [3.8, 4) is 0 Å². The molecule has 1 rings (SSSR count). The summed E-state index contributed by atoms with van der Waals surface area (Å²) in [7, 11) is 0. The standard InChI is InChI=1S/C62H118O6/c1-2-3-4-5-6-7-8-9-10-11-12-13-14-15-16-17-18-19-20-21-22-23-24-25-26-27-28-29-30-31-32-33-34-35-36-37-38-39-40-41-42-43-44-45-46-47-48-49-50-51-52-53-59-54-60(65)67-57-62(55-63,56-64)58-68-61(59)66/h11-12,59,63-64H,2-10,13-58H2,1H3/b12-11+. The third-order valence-corrected chi connectivity index (χ3v) is 15.3. The van der Waals surface area contributed by atoms with Gasteiger partial charge in [0, 0.05) is 0 Å². The predicted octanol–water partition coefficient (Wildman–Crippen LogP) is 19.1. The molecule has 0 aromatic carbocycles. The maximum Gasteiger partial charge on any atom is 0.309 e. The molecule has 68 heavy (non-hydrogen) atoms. The van der Waals surface area contributed by atoms with Gasteiger partial charge < -0.3 is 19.7 Å². The van der Waals surface area contributed by atoms with Crippen LogP contribution in [0.2, 0.25) is 0 Å². The number of aliphatic hydroxyl groups excluding tert-OH is 2. The molecule has 6 nitrogen and oxygen atoms in total. The van der Waals surface area contributed by atoms with Crippen LogP contribution >= 0.6 is 0 Å². The molecule has 0 aromatic rings. The minimum absolute atomic E-state index is 0.00505. The molecule has 0 bridgehead atoms. The van der Waals surface area contributed by atoms with Gasteiger partial charge in [0.2, 0.25) is 0 Å². The summed E-state index contributed by atoms with van der Waals surface area (Å²) in [5.74, 6) is -1.40. The Bertz CT molecular complexity index is 1070. The predicted molar refractivity (Wildman–Crippen MR) is 292 cm³/mol. The third kappa shape index (κ3) is 43.4. The van der Waals surface area contributed by atoms with E-state index in [-0.39, 0.29) is 19.6 Å². The number of carbonyl (C=O) groups excluding carboxylic acids is 2. The lowest BCUT2D eigenvalue weighted by Crippen LogP contribution is -2.40. The summed E-state index contributed by atoms with van der Waals surface area (Å²) in [6.07, 6.45) is 74.2. The molecule has 1 fully saturated rings. The van der Waals surface area contributed by atoms with Crippen LogP contribution in [-0.2, 0) is 19.1 Å². The van der Waals surface area contributed by atoms with Crippen molar-refractivity contribution >= 4 is 11.9 Å². The maximum absolute atomic E-state index is 12.5. The number of aliphatic hydroxyl groups is 2. The van der Waals surface area contributed by atoms with Gasteiger partial charge in [-0.25, -0.2) is 0 Å². The highest BCUT2D eigenvalue weighted by Crippen LogP contribution is 2.25. The van der Waals surface area contributed by atoms with Crippen molar-refractivity contribution in [2.75, 3.05) is 26.4 Å². The molecule has 0 radical (unpaired) electrons. The zero-order valence-corrected chi connectivity index (χ0v) is 45.7. The summed E-state index contributed by atoms with van der Waals surface area (Å²) >= 11 is 0. The average molecular weight is 960 g/mol. The smallest absolute Gasteiger partial charge is 0.309 e. The van der Waals surface area contributed by atoms with Gasteiger partial charge in [-0.15, -0.1) is 0 Å². The van der Waals surface area contributed by atoms with Crippen LogP contribution in [0.4, 0.5) is 0 Å². The summed E-state index contributed by atoms with van der Waals surface area (Å²) < 4.78 is 10.6. The van der Waals surface area contributed by atoms with E-state index in [0.29, 0.717) is 6.42 Å². The molecular formula is C62H118O6. The number of ether oxygens (including phenoxy) is 2. The molecule has 1 aliphatic rings. The number of allylic oxidation sites excluding steroid dienone is 2. The third-order valence-electron chi connectivity index (χ3n) is 15.3. The summed E-state index contributed by atoms with van der Waals surface area (Å²) in [6.45, 7) is 1.21. The van der Waals surface area contributed by atoms with Crippen molar-refractivity contribution in [1.29, 1.82) is 0 Å². The maximum atomic E-state index is 12.5. The van der Waals surface area contributed by atoms with Crippen LogP contribution in [0.3, 0.4) is 0 Å². The summed E-state index contributed by atoms with van der Waals surface area (Å²) in [5, 5.41) is 19.2. The number of carbonyl (C=O) groups is 2. The lowest BCUT2D eigenvalue weighted by molar-refractivity contribution is -0.155. The second-order valence-electron chi connectivity index (χ2n) is 22.1. The van der Waals surface area contributed by atoms with Crippen molar-refractivity contribution in [3.05, 3.63) is 12.2 Å². The van der Waals surface area contributed by atoms with E-state index in [2.05, 4.69) is 19.1 Å². The number of rotatable bonds is 53. The Morgan fingerprint density at radius 3 is 0.912 bits per heavy atom. The van der Waals surface area contributed by atoms with Gasteiger partial charge in [-0.05, 0) is 32.1 Å². The number of hydrogen-bond acceptors (Lipinski definition) is 6. The van der Waals surface area contributed by atoms with E-state index in [1.54, 1.807) is 0 Å². The van der Waals surface area contributed by atoms with E-state index in [1.807, 2.05) is 0 Å². The molecule has 1 aliphatic heterocycles. The van der Waals surface area contributed by atoms with Crippen LogP contribution in [0.25, 0.3) is 0 Å². The monoisotopic (exact) mass is 959 g/mol. The Labute approximate surface area is 423 Å². The van der Waals surface area contributed by atoms with Crippen molar-refractivity contribution in [2.45, 2.75) is 334 Å². The first-order valence-electron chi connectivity index (χ1n) is 30.8. The second kappa shape index (κ2) is 51.9. The van der Waals surface area contributed by atoms with Gasteiger partial charge in [0.1, 0.15) is 13.2 Å². The number of unbranched alkanes of at least 4 members (excludes halogenated alkanes) is 47. The molecule has 2 N–H and O–H groups in total. The highest BCUT2D eigenvalue weighted by atomic mass is 16.6. The summed E-state index contributed by atoms with van der Waals surface area (Å²) in [5.41, 5.74) is -1.12. The Morgan fingerprint density at radius 1 is 0.382 bits per heavy atom. The molecule has 1 atom stereocenters. The molecular weight excluding hydrogens is 841 g/mol. The minimum Gasteiger partial charge on any atom is -0.465 e. The Morgan fingerprint density at radius 2 is 0.632 bits per heavy atom. The first kappa shape index (κ1) is 64.6. The molecule has 0 aliphatic carbocycles. The fourth-order valence-electron chi connectivity index (χ4n) is 10.2. The highest BCUT2D eigenvalue weighted by molar-refractivity contribution is 5.80. The van der Waals surface area contributed by atoms with Crippen molar-refractivity contribution in [2.24, 2.45) is 11.3 Å². The molecule has 1 saturated heterocycles. The molecule has 0 spiro atoms. The minimum atomic E-state index is -1.12. The van der Waals surface area contributed by atoms with Crippen molar-refractivity contribution < 1.29 is 29.3 Å². The van der Waals surface area contributed by atoms with Crippen LogP contribution in [0.1, 0.15) is 334 Å². The van der Waals surface area contributed by atoms with Crippen LogP contribution in [0.15, 0.2) is 12.2 Å². The zero-order chi connectivity index (χ0) is 49.0. The normalized spacial score (nSPS) is 15.4. The van der Waals surface area contributed by atoms with Gasteiger partial charge in [-0.2, -0.15) is 0 Å². The van der Waals surface area contributed by atoms with E-state index in [1.165, 1.54) is 295 Å². The van der Waals surface area contributed by atoms with E-state index < -0.39 is 36.5 Å². The fourth-order valence-corrected chi connectivity index (χ4v) is 10.2. The number of esters is 2. The number of cyclic esters (lactones) is 2. The van der Waals surface area contributed by atoms with Gasteiger partial charge in [0.25, 0.3) is 0 Å². The van der Waals surface area contributed by atoms with Gasteiger partial charge in [0.15, 0.2) is 0 Å². The fraction of sp³-hybridized carbons (Fsp3) is 0.935. The topological polar surface area (TPSA) is 93.1 Å². The number of hydrogen-bond donors (Lipinski definition) is 2. The second-order valence-corrected chi connectivity index (χ2v) is 22.1. The van der Waals surface area contributed by atoms with Crippen LogP contribution in [0.5, 0.6) is 0 Å². The molecule has 0 saturated carbocycles. The van der Waals surface area contributed by atoms with Gasteiger partial charge in [-0.3, -0.25) is 9.59 Å². The quantitative estimate of drug-likeness (QED) is 0.0358. The van der Waals surface area contributed by atoms with Crippen LogP contribution in [0, 0.1) is 11.3 Å². The largest absolute Gasteiger partial charge is 0.465 e. The first-order chi connectivity index (χ1) is 33.6. The lowest BCUT2D eigenvalue weighted by atomic mass is 9.92. The van der Waals surface area contributed by atoms with E-state index >= 15 is 0 Å². The summed E-state index contributed by atoms with van der Waals surface area (Å²) in [4.78, 5) is 24.7. The van der Waals surface area contributed by atoms with Gasteiger partial charge >= 0.3 is 11.9 Å². The van der Waals surface area contributed by atoms with Crippen LogP contribution < -0.4 is 0 Å². The highest BCUT2D eigenvalue weighted by Gasteiger charge is 2.36. The molecule has 0 aromatic heterocycles. The van der Waals surface area contributed by atoms with Crippen molar-refractivity contribution in [3.63, 3.8) is 0 Å². The molecule has 402 valence electrons. The molecule has 1 unspecified atom stereocenters. The summed E-state index contributed by atoms with van der Waals surface area (Å²) in [6, 6.07) is 0. The molecule has 6 heteroatoms.